The Morgan fingerprint density at radius 1 is 1.14 bits per heavy atom. The lowest BCUT2D eigenvalue weighted by atomic mass is 10.2. The lowest BCUT2D eigenvalue weighted by Gasteiger charge is -2.17. The molecule has 0 fully saturated rings. The second-order valence-electron chi connectivity index (χ2n) is 6.12. The number of rotatable bonds is 8. The Kier molecular flexibility index (Phi) is 6.36. The first kappa shape index (κ1) is 20.2. The van der Waals surface area contributed by atoms with E-state index < -0.39 is 18.6 Å². The molecular weight excluding hydrogens is 400 g/mol. The van der Waals surface area contributed by atoms with E-state index in [0.29, 0.717) is 27.9 Å². The van der Waals surface area contributed by atoms with E-state index in [-0.39, 0.29) is 13.2 Å². The number of hydrogen-bond acceptors (Lipinski definition) is 5. The van der Waals surface area contributed by atoms with Crippen LogP contribution in [0.1, 0.15) is 11.3 Å². The van der Waals surface area contributed by atoms with Crippen molar-refractivity contribution in [3.8, 4) is 17.2 Å². The largest absolute Gasteiger partial charge is 0.487 e. The molecule has 29 heavy (non-hydrogen) atoms. The molecule has 0 aliphatic rings. The van der Waals surface area contributed by atoms with Crippen LogP contribution in [0.15, 0.2) is 59.2 Å². The Balaban J connectivity index is 1.63. The summed E-state index contributed by atoms with van der Waals surface area (Å²) in [6.45, 7) is -0.519. The summed E-state index contributed by atoms with van der Waals surface area (Å²) in [6, 6.07) is 13.8. The van der Waals surface area contributed by atoms with Gasteiger partial charge in [0.2, 0.25) is 5.89 Å². The van der Waals surface area contributed by atoms with Gasteiger partial charge in [0.15, 0.2) is 0 Å². The Labute approximate surface area is 170 Å². The van der Waals surface area contributed by atoms with Crippen molar-refractivity contribution in [3.63, 3.8) is 0 Å². The van der Waals surface area contributed by atoms with Crippen LogP contribution in [0.25, 0.3) is 11.5 Å². The van der Waals surface area contributed by atoms with Gasteiger partial charge in [0.05, 0.1) is 0 Å². The van der Waals surface area contributed by atoms with E-state index in [1.807, 2.05) is 0 Å². The Morgan fingerprint density at radius 3 is 2.59 bits per heavy atom. The zero-order valence-electron chi connectivity index (χ0n) is 15.1. The maximum atomic E-state index is 11.2. The Hall–Kier alpha value is -3.52. The van der Waals surface area contributed by atoms with Gasteiger partial charge in [-0.2, -0.15) is 0 Å². The zero-order valence-corrected chi connectivity index (χ0v) is 15.9. The highest BCUT2D eigenvalue weighted by molar-refractivity contribution is 6.30. The number of amides is 1. The van der Waals surface area contributed by atoms with Crippen LogP contribution in [0.5, 0.6) is 5.75 Å². The lowest BCUT2D eigenvalue weighted by molar-refractivity contribution is -0.138. The molecule has 0 spiro atoms. The molecule has 2 aromatic carbocycles. The third kappa shape index (κ3) is 5.73. The molecule has 8 nitrogen and oxygen atoms in total. The zero-order chi connectivity index (χ0) is 20.8. The highest BCUT2D eigenvalue weighted by atomic mass is 35.5. The molecule has 1 aromatic heterocycles. The lowest BCUT2D eigenvalue weighted by Crippen LogP contribution is -2.33. The average Bonchev–Trinajstić information content (AvgIpc) is 3.15. The van der Waals surface area contributed by atoms with Crippen LogP contribution < -0.4 is 4.74 Å². The molecule has 0 bridgehead atoms. The summed E-state index contributed by atoms with van der Waals surface area (Å²) in [5, 5.41) is 18.6. The minimum Gasteiger partial charge on any atom is -0.487 e. The molecular formula is C20H17ClN2O6. The van der Waals surface area contributed by atoms with Crippen molar-refractivity contribution in [2.75, 3.05) is 6.54 Å². The van der Waals surface area contributed by atoms with Gasteiger partial charge in [-0.05, 0) is 42.0 Å². The number of oxazole rings is 1. The maximum Gasteiger partial charge on any atom is 0.408 e. The van der Waals surface area contributed by atoms with E-state index in [0.717, 1.165) is 10.5 Å². The van der Waals surface area contributed by atoms with Gasteiger partial charge < -0.3 is 19.4 Å². The first-order valence-electron chi connectivity index (χ1n) is 8.52. The first-order chi connectivity index (χ1) is 13.9. The van der Waals surface area contributed by atoms with Gasteiger partial charge in [-0.3, -0.25) is 9.69 Å². The summed E-state index contributed by atoms with van der Waals surface area (Å²) in [7, 11) is 0. The smallest absolute Gasteiger partial charge is 0.408 e. The predicted octanol–water partition coefficient (Wildman–Crippen LogP) is 4.14. The maximum absolute atomic E-state index is 11.2. The number of aromatic nitrogens is 1. The highest BCUT2D eigenvalue weighted by Crippen LogP contribution is 2.22. The predicted molar refractivity (Wildman–Crippen MR) is 104 cm³/mol. The molecule has 9 heteroatoms. The summed E-state index contributed by atoms with van der Waals surface area (Å²) in [4.78, 5) is 27.1. The Morgan fingerprint density at radius 2 is 1.90 bits per heavy atom. The van der Waals surface area contributed by atoms with Gasteiger partial charge in [0, 0.05) is 17.1 Å². The number of carbonyl (C=O) groups is 2. The molecule has 0 radical (unpaired) electrons. The van der Waals surface area contributed by atoms with Gasteiger partial charge in [-0.1, -0.05) is 23.7 Å². The molecule has 0 saturated carbocycles. The number of hydrogen-bond donors (Lipinski definition) is 2. The fraction of sp³-hybridized carbons (Fsp3) is 0.150. The van der Waals surface area contributed by atoms with Crippen molar-refractivity contribution in [3.05, 3.63) is 71.1 Å². The minimum absolute atomic E-state index is 0.0660. The summed E-state index contributed by atoms with van der Waals surface area (Å²) in [5.41, 5.74) is 1.97. The van der Waals surface area contributed by atoms with E-state index in [9.17, 15) is 9.59 Å². The number of ether oxygens (including phenoxy) is 1. The SMILES string of the molecule is O=C(O)CN(Cc1cccc(OCc2coc(-c3ccc(Cl)cc3)n2)c1)C(=O)O. The van der Waals surface area contributed by atoms with Gasteiger partial charge in [0.1, 0.15) is 30.9 Å². The number of benzene rings is 2. The second kappa shape index (κ2) is 9.11. The van der Waals surface area contributed by atoms with Gasteiger partial charge >= 0.3 is 12.1 Å². The molecule has 0 unspecified atom stereocenters. The van der Waals surface area contributed by atoms with Crippen LogP contribution in [0, 0.1) is 0 Å². The van der Waals surface area contributed by atoms with Crippen molar-refractivity contribution in [1.29, 1.82) is 0 Å². The molecule has 3 aromatic rings. The van der Waals surface area contributed by atoms with Gasteiger partial charge in [-0.15, -0.1) is 0 Å². The Bertz CT molecular complexity index is 1000. The second-order valence-corrected chi connectivity index (χ2v) is 6.56. The van der Waals surface area contributed by atoms with E-state index in [4.69, 9.17) is 31.0 Å². The van der Waals surface area contributed by atoms with Crippen molar-refractivity contribution in [2.45, 2.75) is 13.2 Å². The van der Waals surface area contributed by atoms with Crippen LogP contribution in [0.4, 0.5) is 4.79 Å². The molecule has 0 atom stereocenters. The third-order valence-corrected chi connectivity index (χ3v) is 4.15. The number of halogens is 1. The molecule has 1 heterocycles. The molecule has 150 valence electrons. The molecule has 0 aliphatic carbocycles. The highest BCUT2D eigenvalue weighted by Gasteiger charge is 2.16. The molecule has 1 amide bonds. The van der Waals surface area contributed by atoms with Gasteiger partial charge in [-0.25, -0.2) is 9.78 Å². The molecule has 0 saturated heterocycles. The monoisotopic (exact) mass is 416 g/mol. The molecule has 2 N–H and O–H groups in total. The normalized spacial score (nSPS) is 10.5. The fourth-order valence-corrected chi connectivity index (χ4v) is 2.69. The van der Waals surface area contributed by atoms with Crippen molar-refractivity contribution < 1.29 is 29.0 Å². The summed E-state index contributed by atoms with van der Waals surface area (Å²) >= 11 is 5.87. The van der Waals surface area contributed by atoms with E-state index >= 15 is 0 Å². The standard InChI is InChI=1S/C20H17ClN2O6/c21-15-6-4-14(5-7-15)19-22-16(12-29-19)11-28-17-3-1-2-13(8-17)9-23(20(26)27)10-18(24)25/h1-8,12H,9-11H2,(H,24,25)(H,26,27). The number of carboxylic acids is 1. The quantitative estimate of drug-likeness (QED) is 0.567. The average molecular weight is 417 g/mol. The van der Waals surface area contributed by atoms with Crippen LogP contribution in [-0.4, -0.2) is 38.7 Å². The van der Waals surface area contributed by atoms with E-state index in [2.05, 4.69) is 4.98 Å². The minimum atomic E-state index is -1.31. The van der Waals surface area contributed by atoms with Crippen molar-refractivity contribution in [1.82, 2.24) is 9.88 Å². The first-order valence-corrected chi connectivity index (χ1v) is 8.90. The van der Waals surface area contributed by atoms with Crippen molar-refractivity contribution in [2.24, 2.45) is 0 Å². The summed E-state index contributed by atoms with van der Waals surface area (Å²) < 4.78 is 11.2. The molecule has 3 rings (SSSR count). The van der Waals surface area contributed by atoms with Crippen LogP contribution in [0.3, 0.4) is 0 Å². The number of nitrogens with zero attached hydrogens (tertiary/aromatic N) is 2. The van der Waals surface area contributed by atoms with Crippen LogP contribution in [0.2, 0.25) is 5.02 Å². The fourth-order valence-electron chi connectivity index (χ4n) is 2.56. The van der Waals surface area contributed by atoms with Crippen LogP contribution >= 0.6 is 11.6 Å². The van der Waals surface area contributed by atoms with Crippen LogP contribution in [-0.2, 0) is 17.9 Å². The molecule has 0 aliphatic heterocycles. The third-order valence-electron chi connectivity index (χ3n) is 3.90. The van der Waals surface area contributed by atoms with E-state index in [1.165, 1.54) is 6.26 Å². The summed E-state index contributed by atoms with van der Waals surface area (Å²) in [6.07, 6.45) is 0.184. The topological polar surface area (TPSA) is 113 Å². The number of carboxylic acid groups (broad SMARTS) is 2. The number of aliphatic carboxylic acids is 1. The van der Waals surface area contributed by atoms with Crippen molar-refractivity contribution >= 4 is 23.7 Å². The van der Waals surface area contributed by atoms with Gasteiger partial charge in [0.25, 0.3) is 0 Å². The summed E-state index contributed by atoms with van der Waals surface area (Å²) in [5.74, 6) is -0.277. The van der Waals surface area contributed by atoms with E-state index in [1.54, 1.807) is 48.5 Å².